The van der Waals surface area contributed by atoms with Crippen molar-refractivity contribution in [1.29, 1.82) is 0 Å². The van der Waals surface area contributed by atoms with Gasteiger partial charge in [-0.2, -0.15) is 9.78 Å². The molecular formula is C20H17N3O2S. The van der Waals surface area contributed by atoms with Gasteiger partial charge in [0.05, 0.1) is 11.6 Å². The summed E-state index contributed by atoms with van der Waals surface area (Å²) in [5, 5.41) is 6.14. The van der Waals surface area contributed by atoms with Gasteiger partial charge in [0.15, 0.2) is 0 Å². The van der Waals surface area contributed by atoms with E-state index in [2.05, 4.69) is 10.1 Å². The van der Waals surface area contributed by atoms with Gasteiger partial charge in [-0.3, -0.25) is 4.79 Å². The topological polar surface area (TPSA) is 60.4 Å². The lowest BCUT2D eigenvalue weighted by Gasteiger charge is -2.09. The number of aromatic nitrogens is 2. The number of nitrogens with zero attached hydrogens (tertiary/aromatic N) is 3. The molecule has 1 aliphatic rings. The van der Waals surface area contributed by atoms with Gasteiger partial charge in [0.25, 0.3) is 5.56 Å². The van der Waals surface area contributed by atoms with Crippen molar-refractivity contribution in [3.8, 4) is 0 Å². The Labute approximate surface area is 153 Å². The van der Waals surface area contributed by atoms with Crippen LogP contribution < -0.4 is 5.56 Å². The molecule has 0 saturated heterocycles. The predicted molar refractivity (Wildman–Crippen MR) is 104 cm³/mol. The summed E-state index contributed by atoms with van der Waals surface area (Å²) >= 11 is 1.65. The zero-order valence-electron chi connectivity index (χ0n) is 14.4. The average Bonchev–Trinajstić information content (AvgIpc) is 3.18. The fourth-order valence-corrected chi connectivity index (χ4v) is 4.91. The molecule has 0 saturated carbocycles. The van der Waals surface area contributed by atoms with Gasteiger partial charge in [-0.1, -0.05) is 18.2 Å². The molecule has 3 aromatic heterocycles. The number of fused-ring (bicyclic) bond motifs is 4. The van der Waals surface area contributed by atoms with Gasteiger partial charge >= 0.3 is 0 Å². The quantitative estimate of drug-likeness (QED) is 0.500. The van der Waals surface area contributed by atoms with Gasteiger partial charge in [0, 0.05) is 15.8 Å². The summed E-state index contributed by atoms with van der Waals surface area (Å²) in [7, 11) is 0. The number of hydrogen-bond donors (Lipinski definition) is 0. The first-order valence-electron chi connectivity index (χ1n) is 8.77. The molecule has 0 N–H and O–H groups in total. The van der Waals surface area contributed by atoms with Crippen molar-refractivity contribution in [2.24, 2.45) is 5.10 Å². The van der Waals surface area contributed by atoms with Crippen molar-refractivity contribution in [1.82, 2.24) is 9.66 Å². The Hall–Kier alpha value is -2.73. The second kappa shape index (κ2) is 5.92. The third kappa shape index (κ3) is 2.33. The fraction of sp³-hybridized carbons (Fsp3) is 0.250. The van der Waals surface area contributed by atoms with Crippen molar-refractivity contribution in [3.63, 3.8) is 0 Å². The molecule has 0 unspecified atom stereocenters. The van der Waals surface area contributed by atoms with E-state index in [0.29, 0.717) is 0 Å². The van der Waals surface area contributed by atoms with Crippen LogP contribution in [0.25, 0.3) is 21.2 Å². The maximum Gasteiger partial charge on any atom is 0.282 e. The minimum Gasteiger partial charge on any atom is -0.461 e. The second-order valence-corrected chi connectivity index (χ2v) is 7.68. The van der Waals surface area contributed by atoms with E-state index in [4.69, 9.17) is 4.42 Å². The highest BCUT2D eigenvalue weighted by Crippen LogP contribution is 2.33. The van der Waals surface area contributed by atoms with Crippen LogP contribution in [0.1, 0.15) is 34.6 Å². The Kier molecular flexibility index (Phi) is 3.53. The third-order valence-corrected chi connectivity index (χ3v) is 6.19. The van der Waals surface area contributed by atoms with Gasteiger partial charge in [-0.25, -0.2) is 4.98 Å². The Morgan fingerprint density at radius 3 is 3.04 bits per heavy atom. The van der Waals surface area contributed by atoms with Gasteiger partial charge in [-0.05, 0) is 44.2 Å². The maximum absolute atomic E-state index is 13.0. The Morgan fingerprint density at radius 1 is 1.27 bits per heavy atom. The SMILES string of the molecule is Cc1oc2ccccc2c1C=Nn1cnc2sc3c(c2c1=O)CCCC3. The molecule has 0 aliphatic heterocycles. The zero-order chi connectivity index (χ0) is 17.7. The largest absolute Gasteiger partial charge is 0.461 e. The number of rotatable bonds is 2. The molecule has 0 spiro atoms. The summed E-state index contributed by atoms with van der Waals surface area (Å²) in [4.78, 5) is 19.6. The molecule has 1 aliphatic carbocycles. The number of para-hydroxylation sites is 1. The highest BCUT2D eigenvalue weighted by Gasteiger charge is 2.20. The molecule has 5 rings (SSSR count). The normalized spacial score (nSPS) is 14.5. The van der Waals surface area contributed by atoms with Crippen molar-refractivity contribution < 1.29 is 4.42 Å². The van der Waals surface area contributed by atoms with E-state index in [9.17, 15) is 4.79 Å². The molecule has 0 bridgehead atoms. The molecule has 3 heterocycles. The molecule has 0 amide bonds. The third-order valence-electron chi connectivity index (χ3n) is 4.99. The summed E-state index contributed by atoms with van der Waals surface area (Å²) in [5.74, 6) is 0.782. The predicted octanol–water partition coefficient (Wildman–Crippen LogP) is 4.27. The molecule has 130 valence electrons. The molecule has 0 radical (unpaired) electrons. The first-order chi connectivity index (χ1) is 12.7. The van der Waals surface area contributed by atoms with Crippen LogP contribution in [-0.4, -0.2) is 15.9 Å². The molecule has 6 heteroatoms. The van der Waals surface area contributed by atoms with Gasteiger partial charge in [0.2, 0.25) is 0 Å². The van der Waals surface area contributed by atoms with E-state index in [1.807, 2.05) is 31.2 Å². The monoisotopic (exact) mass is 363 g/mol. The summed E-state index contributed by atoms with van der Waals surface area (Å²) in [6.07, 6.45) is 7.55. The first-order valence-corrected chi connectivity index (χ1v) is 9.58. The van der Waals surface area contributed by atoms with Crippen LogP contribution in [0.15, 0.2) is 44.9 Å². The molecular weight excluding hydrogens is 346 g/mol. The highest BCUT2D eigenvalue weighted by atomic mass is 32.1. The van der Waals surface area contributed by atoms with Crippen LogP contribution in [0.4, 0.5) is 0 Å². The summed E-state index contributed by atoms with van der Waals surface area (Å²) in [5.41, 5.74) is 2.80. The second-order valence-electron chi connectivity index (χ2n) is 6.60. The van der Waals surface area contributed by atoms with E-state index in [-0.39, 0.29) is 5.56 Å². The Bertz CT molecular complexity index is 1230. The van der Waals surface area contributed by atoms with Crippen LogP contribution in [0.3, 0.4) is 0 Å². The van der Waals surface area contributed by atoms with Crippen LogP contribution >= 0.6 is 11.3 Å². The van der Waals surface area contributed by atoms with Gasteiger partial charge in [-0.15, -0.1) is 11.3 Å². The number of hydrogen-bond acceptors (Lipinski definition) is 5. The van der Waals surface area contributed by atoms with Crippen molar-refractivity contribution in [3.05, 3.63) is 62.7 Å². The van der Waals surface area contributed by atoms with E-state index in [1.165, 1.54) is 27.9 Å². The van der Waals surface area contributed by atoms with Gasteiger partial charge < -0.3 is 4.42 Å². The van der Waals surface area contributed by atoms with Crippen molar-refractivity contribution in [2.45, 2.75) is 32.6 Å². The zero-order valence-corrected chi connectivity index (χ0v) is 15.2. The summed E-state index contributed by atoms with van der Waals surface area (Å²) < 4.78 is 7.10. The van der Waals surface area contributed by atoms with Crippen LogP contribution in [0, 0.1) is 6.92 Å². The molecule has 0 fully saturated rings. The number of aryl methyl sites for hydroxylation is 3. The molecule has 0 atom stereocenters. The lowest BCUT2D eigenvalue weighted by molar-refractivity contribution is 0.578. The standard InChI is InChI=1S/C20H17N3O2S/c1-12-15(13-6-2-4-8-16(13)25-12)10-22-23-11-21-19-18(20(23)24)14-7-3-5-9-17(14)26-19/h2,4,6,8,10-11H,3,5,7,9H2,1H3. The summed E-state index contributed by atoms with van der Waals surface area (Å²) in [6.45, 7) is 1.90. The van der Waals surface area contributed by atoms with Crippen LogP contribution in [-0.2, 0) is 12.8 Å². The smallest absolute Gasteiger partial charge is 0.282 e. The number of furan rings is 1. The lowest BCUT2D eigenvalue weighted by Crippen LogP contribution is -2.18. The fourth-order valence-electron chi connectivity index (χ4n) is 3.69. The number of benzene rings is 1. The minimum atomic E-state index is -0.0869. The highest BCUT2D eigenvalue weighted by molar-refractivity contribution is 7.18. The van der Waals surface area contributed by atoms with E-state index in [0.717, 1.165) is 51.8 Å². The van der Waals surface area contributed by atoms with Gasteiger partial charge in [0.1, 0.15) is 22.5 Å². The first kappa shape index (κ1) is 15.5. The van der Waals surface area contributed by atoms with Crippen molar-refractivity contribution in [2.75, 3.05) is 0 Å². The van der Waals surface area contributed by atoms with Crippen LogP contribution in [0.2, 0.25) is 0 Å². The van der Waals surface area contributed by atoms with E-state index in [1.54, 1.807) is 17.6 Å². The summed E-state index contributed by atoms with van der Waals surface area (Å²) in [6, 6.07) is 7.82. The molecule has 5 nitrogen and oxygen atoms in total. The molecule has 4 aromatic rings. The van der Waals surface area contributed by atoms with E-state index >= 15 is 0 Å². The Morgan fingerprint density at radius 2 is 2.12 bits per heavy atom. The lowest BCUT2D eigenvalue weighted by atomic mass is 9.97. The molecule has 1 aromatic carbocycles. The maximum atomic E-state index is 13.0. The average molecular weight is 363 g/mol. The van der Waals surface area contributed by atoms with E-state index < -0.39 is 0 Å². The number of thiophene rings is 1. The Balaban J connectivity index is 1.63. The van der Waals surface area contributed by atoms with Crippen LogP contribution in [0.5, 0.6) is 0 Å². The molecule has 26 heavy (non-hydrogen) atoms. The minimum absolute atomic E-state index is 0.0869. The van der Waals surface area contributed by atoms with Crippen molar-refractivity contribution >= 4 is 38.7 Å².